The van der Waals surface area contributed by atoms with Crippen molar-refractivity contribution >= 4 is 11.6 Å². The normalized spacial score (nSPS) is 10.4. The van der Waals surface area contributed by atoms with Crippen LogP contribution in [0.4, 0.5) is 0 Å². The van der Waals surface area contributed by atoms with Crippen LogP contribution in [0.25, 0.3) is 0 Å². The number of aromatic nitrogens is 1. The molecule has 2 nitrogen and oxygen atoms in total. The number of hydrogen-bond donors (Lipinski definition) is 0. The van der Waals surface area contributed by atoms with Gasteiger partial charge in [0.15, 0.2) is 0 Å². The molecule has 0 spiro atoms. The summed E-state index contributed by atoms with van der Waals surface area (Å²) in [6, 6.07) is 6.04. The Morgan fingerprint density at radius 2 is 1.83 bits per heavy atom. The third-order valence-corrected chi connectivity index (χ3v) is 3.39. The van der Waals surface area contributed by atoms with Crippen LogP contribution < -0.4 is 4.74 Å². The first kappa shape index (κ1) is 12.9. The summed E-state index contributed by atoms with van der Waals surface area (Å²) in [5.41, 5.74) is 4.43. The van der Waals surface area contributed by atoms with Gasteiger partial charge in [0.2, 0.25) is 0 Å². The molecule has 0 saturated heterocycles. The van der Waals surface area contributed by atoms with Gasteiger partial charge < -0.3 is 4.74 Å². The topological polar surface area (TPSA) is 22.1 Å². The number of alkyl halides is 1. The van der Waals surface area contributed by atoms with Crippen LogP contribution in [0.5, 0.6) is 11.5 Å². The van der Waals surface area contributed by atoms with Crippen molar-refractivity contribution in [3.63, 3.8) is 0 Å². The molecule has 0 amide bonds. The summed E-state index contributed by atoms with van der Waals surface area (Å²) < 4.78 is 6.00. The quantitative estimate of drug-likeness (QED) is 0.757. The molecule has 2 aromatic rings. The van der Waals surface area contributed by atoms with Crippen molar-refractivity contribution in [3.8, 4) is 11.5 Å². The fraction of sp³-hybridized carbons (Fsp3) is 0.267. The molecule has 0 unspecified atom stereocenters. The second-order valence-electron chi connectivity index (χ2n) is 4.37. The Morgan fingerprint density at radius 1 is 1.11 bits per heavy atom. The predicted octanol–water partition coefficient (Wildman–Crippen LogP) is 4.54. The lowest BCUT2D eigenvalue weighted by Gasteiger charge is -2.15. The van der Waals surface area contributed by atoms with Gasteiger partial charge in [-0.15, -0.1) is 11.6 Å². The Bertz CT molecular complexity index is 566. The second-order valence-corrected chi connectivity index (χ2v) is 4.64. The van der Waals surface area contributed by atoms with Crippen LogP contribution in [0.1, 0.15) is 22.3 Å². The summed E-state index contributed by atoms with van der Waals surface area (Å²) in [6.45, 7) is 6.18. The number of benzene rings is 1. The zero-order valence-electron chi connectivity index (χ0n) is 10.8. The molecule has 0 aliphatic rings. The Balaban J connectivity index is 2.43. The highest BCUT2D eigenvalue weighted by Gasteiger charge is 2.10. The smallest absolute Gasteiger partial charge is 0.150 e. The van der Waals surface area contributed by atoms with Crippen molar-refractivity contribution in [3.05, 3.63) is 52.8 Å². The fourth-order valence-electron chi connectivity index (χ4n) is 1.80. The van der Waals surface area contributed by atoms with Gasteiger partial charge in [0.05, 0.1) is 12.1 Å². The monoisotopic (exact) mass is 261 g/mol. The summed E-state index contributed by atoms with van der Waals surface area (Å²) in [6.07, 6.45) is 3.43. The molecule has 0 radical (unpaired) electrons. The van der Waals surface area contributed by atoms with E-state index in [2.05, 4.69) is 31.0 Å². The lowest BCUT2D eigenvalue weighted by Crippen LogP contribution is -1.96. The number of halogens is 1. The molecule has 0 atom stereocenters. The van der Waals surface area contributed by atoms with Gasteiger partial charge in [0.1, 0.15) is 11.5 Å². The Labute approximate surface area is 113 Å². The Kier molecular flexibility index (Phi) is 3.87. The van der Waals surface area contributed by atoms with Crippen molar-refractivity contribution in [2.24, 2.45) is 0 Å². The van der Waals surface area contributed by atoms with E-state index in [1.54, 1.807) is 12.4 Å². The molecule has 0 aliphatic heterocycles. The van der Waals surface area contributed by atoms with E-state index in [-0.39, 0.29) is 0 Å². The van der Waals surface area contributed by atoms with E-state index in [4.69, 9.17) is 16.3 Å². The average molecular weight is 262 g/mol. The lowest BCUT2D eigenvalue weighted by atomic mass is 10.1. The van der Waals surface area contributed by atoms with Crippen LogP contribution in [0.2, 0.25) is 0 Å². The van der Waals surface area contributed by atoms with E-state index in [1.807, 2.05) is 13.0 Å². The van der Waals surface area contributed by atoms with E-state index < -0.39 is 0 Å². The molecule has 94 valence electrons. The molecule has 0 bridgehead atoms. The van der Waals surface area contributed by atoms with Gasteiger partial charge in [0.25, 0.3) is 0 Å². The molecule has 2 rings (SSSR count). The third-order valence-electron chi connectivity index (χ3n) is 3.10. The molecular formula is C15H16ClNO. The van der Waals surface area contributed by atoms with Crippen LogP contribution in [0, 0.1) is 20.8 Å². The van der Waals surface area contributed by atoms with Gasteiger partial charge in [0, 0.05) is 11.8 Å². The number of pyridine rings is 1. The van der Waals surface area contributed by atoms with Crippen molar-refractivity contribution in [1.29, 1.82) is 0 Å². The molecule has 0 N–H and O–H groups in total. The standard InChI is InChI=1S/C15H16ClNO/c1-10-4-5-11(2)15(12(10)3)18-14-9-17-7-6-13(14)8-16/h4-7,9H,8H2,1-3H3. The maximum absolute atomic E-state index is 6.00. The van der Waals surface area contributed by atoms with Gasteiger partial charge >= 0.3 is 0 Å². The maximum Gasteiger partial charge on any atom is 0.150 e. The number of nitrogens with zero attached hydrogens (tertiary/aromatic N) is 1. The highest BCUT2D eigenvalue weighted by Crippen LogP contribution is 2.32. The summed E-state index contributed by atoms with van der Waals surface area (Å²) >= 11 is 5.90. The molecule has 1 aromatic heterocycles. The first-order chi connectivity index (χ1) is 8.63. The minimum Gasteiger partial charge on any atom is -0.455 e. The largest absolute Gasteiger partial charge is 0.455 e. The minimum absolute atomic E-state index is 0.418. The van der Waals surface area contributed by atoms with Crippen LogP contribution in [-0.4, -0.2) is 4.98 Å². The highest BCUT2D eigenvalue weighted by molar-refractivity contribution is 6.17. The minimum atomic E-state index is 0.418. The summed E-state index contributed by atoms with van der Waals surface area (Å²) in [4.78, 5) is 4.09. The molecule has 0 fully saturated rings. The second kappa shape index (κ2) is 5.40. The summed E-state index contributed by atoms with van der Waals surface area (Å²) in [5.74, 6) is 2.04. The van der Waals surface area contributed by atoms with E-state index in [0.29, 0.717) is 5.88 Å². The Hall–Kier alpha value is -1.54. The zero-order valence-corrected chi connectivity index (χ0v) is 11.6. The van der Waals surface area contributed by atoms with E-state index >= 15 is 0 Å². The number of aryl methyl sites for hydroxylation is 2. The van der Waals surface area contributed by atoms with Gasteiger partial charge in [-0.25, -0.2) is 0 Å². The molecule has 1 heterocycles. The van der Waals surface area contributed by atoms with Gasteiger partial charge in [-0.2, -0.15) is 0 Å². The average Bonchev–Trinajstić information content (AvgIpc) is 2.39. The first-order valence-electron chi connectivity index (χ1n) is 5.87. The highest BCUT2D eigenvalue weighted by atomic mass is 35.5. The SMILES string of the molecule is Cc1ccc(C)c(Oc2cnccc2CCl)c1C. The number of hydrogen-bond acceptors (Lipinski definition) is 2. The van der Waals surface area contributed by atoms with Crippen LogP contribution in [0.3, 0.4) is 0 Å². The van der Waals surface area contributed by atoms with Gasteiger partial charge in [-0.05, 0) is 43.5 Å². The summed E-state index contributed by atoms with van der Waals surface area (Å²) in [5, 5.41) is 0. The number of rotatable bonds is 3. The third kappa shape index (κ3) is 2.49. The van der Waals surface area contributed by atoms with Crippen molar-refractivity contribution < 1.29 is 4.74 Å². The summed E-state index contributed by atoms with van der Waals surface area (Å²) in [7, 11) is 0. The van der Waals surface area contributed by atoms with Crippen molar-refractivity contribution in [2.75, 3.05) is 0 Å². The van der Waals surface area contributed by atoms with Crippen LogP contribution in [-0.2, 0) is 5.88 Å². The Morgan fingerprint density at radius 3 is 2.56 bits per heavy atom. The molecule has 0 aliphatic carbocycles. The van der Waals surface area contributed by atoms with Crippen molar-refractivity contribution in [1.82, 2.24) is 4.98 Å². The van der Waals surface area contributed by atoms with E-state index in [1.165, 1.54) is 5.56 Å². The number of ether oxygens (including phenoxy) is 1. The van der Waals surface area contributed by atoms with Crippen LogP contribution >= 0.6 is 11.6 Å². The molecule has 3 heteroatoms. The molecular weight excluding hydrogens is 246 g/mol. The lowest BCUT2D eigenvalue weighted by molar-refractivity contribution is 0.468. The van der Waals surface area contributed by atoms with E-state index in [9.17, 15) is 0 Å². The predicted molar refractivity (Wildman–Crippen MR) is 74.5 cm³/mol. The first-order valence-corrected chi connectivity index (χ1v) is 6.40. The molecule has 18 heavy (non-hydrogen) atoms. The maximum atomic E-state index is 6.00. The van der Waals surface area contributed by atoms with Gasteiger partial charge in [-0.1, -0.05) is 12.1 Å². The molecule has 0 saturated carbocycles. The fourth-order valence-corrected chi connectivity index (χ4v) is 2.02. The zero-order chi connectivity index (χ0) is 13.1. The van der Waals surface area contributed by atoms with Gasteiger partial charge in [-0.3, -0.25) is 4.98 Å². The van der Waals surface area contributed by atoms with Crippen LogP contribution in [0.15, 0.2) is 30.6 Å². The van der Waals surface area contributed by atoms with Crippen molar-refractivity contribution in [2.45, 2.75) is 26.7 Å². The van der Waals surface area contributed by atoms with E-state index in [0.717, 1.165) is 28.2 Å². The molecule has 1 aromatic carbocycles.